The van der Waals surface area contributed by atoms with E-state index in [1.165, 1.54) is 0 Å². The minimum absolute atomic E-state index is 0.0863. The normalized spacial score (nSPS) is 18.1. The Hall–Kier alpha value is -2.09. The maximum Gasteiger partial charge on any atom is 0.232 e. The van der Waals surface area contributed by atoms with Crippen molar-refractivity contribution < 1.29 is 15.0 Å². The molecule has 0 radical (unpaired) electrons. The monoisotopic (exact) mass is 341 g/mol. The van der Waals surface area contributed by atoms with E-state index in [-0.39, 0.29) is 18.4 Å². The number of unbranched alkanes of at least 4 members (excludes halogenated alkanes) is 1. The van der Waals surface area contributed by atoms with Gasteiger partial charge in [-0.05, 0) is 24.5 Å². The van der Waals surface area contributed by atoms with Crippen LogP contribution in [0.25, 0.3) is 0 Å². The van der Waals surface area contributed by atoms with Gasteiger partial charge in [0.25, 0.3) is 0 Å². The van der Waals surface area contributed by atoms with E-state index < -0.39 is 12.0 Å². The average Bonchev–Trinajstić information content (AvgIpc) is 2.99. The van der Waals surface area contributed by atoms with E-state index in [1.54, 1.807) is 11.8 Å². The smallest absolute Gasteiger partial charge is 0.232 e. The maximum absolute atomic E-state index is 12.9. The summed E-state index contributed by atoms with van der Waals surface area (Å²) in [5.41, 5.74) is 2.33. The molecular formula is C21H27NO3. The Bertz CT molecular complexity index is 686. The van der Waals surface area contributed by atoms with Gasteiger partial charge in [0.05, 0.1) is 12.0 Å². The van der Waals surface area contributed by atoms with Crippen molar-refractivity contribution in [2.75, 3.05) is 18.1 Å². The van der Waals surface area contributed by atoms with Crippen LogP contribution in [0.4, 0.5) is 5.69 Å². The van der Waals surface area contributed by atoms with Gasteiger partial charge in [0, 0.05) is 36.8 Å². The molecule has 1 aromatic carbocycles. The van der Waals surface area contributed by atoms with E-state index in [0.29, 0.717) is 18.5 Å². The lowest BCUT2D eigenvalue weighted by Crippen LogP contribution is -2.39. The fourth-order valence-corrected chi connectivity index (χ4v) is 3.16. The Morgan fingerprint density at radius 2 is 2.16 bits per heavy atom. The summed E-state index contributed by atoms with van der Waals surface area (Å²) in [5.74, 6) is 5.18. The Kier molecular flexibility index (Phi) is 6.81. The van der Waals surface area contributed by atoms with Crippen molar-refractivity contribution >= 4 is 11.6 Å². The molecule has 0 fully saturated rings. The lowest BCUT2D eigenvalue weighted by atomic mass is 9.97. The summed E-state index contributed by atoms with van der Waals surface area (Å²) in [6.07, 6.45) is 1.33. The Labute approximate surface area is 150 Å². The van der Waals surface area contributed by atoms with E-state index in [1.807, 2.05) is 31.2 Å². The first-order chi connectivity index (χ1) is 12.0. The number of carbonyl (C=O) groups is 1. The van der Waals surface area contributed by atoms with Crippen LogP contribution < -0.4 is 4.90 Å². The number of hydrogen-bond acceptors (Lipinski definition) is 3. The number of aliphatic hydroxyl groups excluding tert-OH is 2. The molecule has 0 aliphatic carbocycles. The van der Waals surface area contributed by atoms with Crippen LogP contribution in [-0.2, 0) is 4.79 Å². The molecule has 1 unspecified atom stereocenters. The lowest BCUT2D eigenvalue weighted by Gasteiger charge is -2.25. The third-order valence-electron chi connectivity index (χ3n) is 4.66. The van der Waals surface area contributed by atoms with Crippen LogP contribution in [0.1, 0.15) is 44.6 Å². The molecular weight excluding hydrogens is 314 g/mol. The molecule has 25 heavy (non-hydrogen) atoms. The number of anilines is 1. The highest BCUT2D eigenvalue weighted by Gasteiger charge is 2.36. The van der Waals surface area contributed by atoms with Crippen molar-refractivity contribution in [3.8, 4) is 11.8 Å². The summed E-state index contributed by atoms with van der Waals surface area (Å²) in [7, 11) is 0. The van der Waals surface area contributed by atoms with Gasteiger partial charge < -0.3 is 15.1 Å². The molecule has 4 nitrogen and oxygen atoms in total. The summed E-state index contributed by atoms with van der Waals surface area (Å²) >= 11 is 0. The second-order valence-corrected chi connectivity index (χ2v) is 6.53. The number of amides is 1. The summed E-state index contributed by atoms with van der Waals surface area (Å²) in [6, 6.07) is 7.76. The molecule has 2 rings (SSSR count). The van der Waals surface area contributed by atoms with Crippen molar-refractivity contribution in [2.24, 2.45) is 5.92 Å². The number of nitrogens with zero attached hydrogens (tertiary/aromatic N) is 1. The fourth-order valence-electron chi connectivity index (χ4n) is 3.16. The van der Waals surface area contributed by atoms with Crippen molar-refractivity contribution in [3.05, 3.63) is 42.0 Å². The Morgan fingerprint density at radius 3 is 2.84 bits per heavy atom. The topological polar surface area (TPSA) is 60.8 Å². The van der Waals surface area contributed by atoms with Gasteiger partial charge in [-0.3, -0.25) is 4.79 Å². The Balaban J connectivity index is 2.15. The van der Waals surface area contributed by atoms with Crippen molar-refractivity contribution in [1.82, 2.24) is 0 Å². The van der Waals surface area contributed by atoms with E-state index >= 15 is 0 Å². The number of rotatable bonds is 6. The van der Waals surface area contributed by atoms with E-state index in [2.05, 4.69) is 18.4 Å². The zero-order valence-electron chi connectivity index (χ0n) is 15.0. The zero-order valence-corrected chi connectivity index (χ0v) is 15.0. The predicted octanol–water partition coefficient (Wildman–Crippen LogP) is 2.86. The van der Waals surface area contributed by atoms with Gasteiger partial charge in [-0.15, -0.1) is 0 Å². The van der Waals surface area contributed by atoms with Crippen molar-refractivity contribution in [3.63, 3.8) is 0 Å². The summed E-state index contributed by atoms with van der Waals surface area (Å²) in [6.45, 7) is 8.18. The van der Waals surface area contributed by atoms with Crippen molar-refractivity contribution in [1.29, 1.82) is 0 Å². The molecule has 0 saturated heterocycles. The second kappa shape index (κ2) is 8.84. The quantitative estimate of drug-likeness (QED) is 0.782. The minimum Gasteiger partial charge on any atom is -0.396 e. The average molecular weight is 341 g/mol. The number of fused-ring (bicyclic) bond motifs is 1. The molecule has 0 aromatic heterocycles. The first-order valence-corrected chi connectivity index (χ1v) is 8.88. The number of para-hydroxylation sites is 1. The molecule has 1 amide bonds. The third-order valence-corrected chi connectivity index (χ3v) is 4.66. The predicted molar refractivity (Wildman–Crippen MR) is 100 cm³/mol. The number of benzene rings is 1. The standard InChI is InChI=1S/C21H27NO3/c1-4-5-6-9-15(2)20(24)16(3)21(25)22-14-17(12-13-23)18-10-7-8-11-19(18)22/h7-8,10-11,16-17,20,23-24H,2,4-5,12-14H2,1,3H3/t16-,17?,20+/m0/s1. The molecule has 1 heterocycles. The summed E-state index contributed by atoms with van der Waals surface area (Å²) in [4.78, 5) is 14.7. The van der Waals surface area contributed by atoms with Crippen molar-refractivity contribution in [2.45, 2.75) is 45.1 Å². The molecule has 0 bridgehead atoms. The van der Waals surface area contributed by atoms with E-state index in [9.17, 15) is 15.0 Å². The van der Waals surface area contributed by atoms with Gasteiger partial charge in [-0.1, -0.05) is 50.5 Å². The molecule has 4 heteroatoms. The molecule has 134 valence electrons. The summed E-state index contributed by atoms with van der Waals surface area (Å²) in [5, 5.41) is 19.7. The van der Waals surface area contributed by atoms with Gasteiger partial charge in [-0.25, -0.2) is 0 Å². The van der Waals surface area contributed by atoms with Gasteiger partial charge in [0.15, 0.2) is 0 Å². The van der Waals surface area contributed by atoms with Gasteiger partial charge in [0.2, 0.25) is 5.91 Å². The Morgan fingerprint density at radius 1 is 1.44 bits per heavy atom. The van der Waals surface area contributed by atoms with E-state index in [0.717, 1.165) is 24.1 Å². The number of carbonyl (C=O) groups excluding carboxylic acids is 1. The molecule has 2 N–H and O–H groups in total. The molecule has 1 aromatic rings. The van der Waals surface area contributed by atoms with Crippen LogP contribution in [0.3, 0.4) is 0 Å². The lowest BCUT2D eigenvalue weighted by molar-refractivity contribution is -0.124. The highest BCUT2D eigenvalue weighted by molar-refractivity contribution is 5.97. The highest BCUT2D eigenvalue weighted by Crippen LogP contribution is 2.38. The number of hydrogen-bond donors (Lipinski definition) is 2. The maximum atomic E-state index is 12.9. The molecule has 3 atom stereocenters. The molecule has 0 spiro atoms. The van der Waals surface area contributed by atoms with Crippen LogP contribution >= 0.6 is 0 Å². The zero-order chi connectivity index (χ0) is 18.4. The van der Waals surface area contributed by atoms with Crippen LogP contribution in [0, 0.1) is 17.8 Å². The highest BCUT2D eigenvalue weighted by atomic mass is 16.3. The largest absolute Gasteiger partial charge is 0.396 e. The first kappa shape index (κ1) is 19.2. The summed E-state index contributed by atoms with van der Waals surface area (Å²) < 4.78 is 0. The van der Waals surface area contributed by atoms with Crippen LogP contribution in [0.15, 0.2) is 36.4 Å². The SMILES string of the molecule is C=C(C#CCCC)[C@@H](O)[C@H](C)C(=O)N1CC(CCO)c2ccccc21. The molecule has 0 saturated carbocycles. The van der Waals surface area contributed by atoms with E-state index in [4.69, 9.17) is 0 Å². The van der Waals surface area contributed by atoms with Gasteiger partial charge in [-0.2, -0.15) is 0 Å². The third kappa shape index (κ3) is 4.31. The fraction of sp³-hybridized carbons (Fsp3) is 0.476. The number of aliphatic hydroxyl groups is 2. The minimum atomic E-state index is -0.985. The van der Waals surface area contributed by atoms with Gasteiger partial charge >= 0.3 is 0 Å². The molecule has 1 aliphatic rings. The first-order valence-electron chi connectivity index (χ1n) is 8.88. The van der Waals surface area contributed by atoms with Crippen LogP contribution in [-0.4, -0.2) is 35.4 Å². The van der Waals surface area contributed by atoms with Crippen LogP contribution in [0.2, 0.25) is 0 Å². The second-order valence-electron chi connectivity index (χ2n) is 6.53. The van der Waals surface area contributed by atoms with Crippen LogP contribution in [0.5, 0.6) is 0 Å². The molecule has 1 aliphatic heterocycles. The van der Waals surface area contributed by atoms with Gasteiger partial charge in [0.1, 0.15) is 0 Å².